The molecule has 1 aliphatic rings. The van der Waals surface area contributed by atoms with Crippen LogP contribution in [0.5, 0.6) is 0 Å². The minimum Gasteiger partial charge on any atom is -0.444 e. The summed E-state index contributed by atoms with van der Waals surface area (Å²) in [5.74, 6) is 0.506. The van der Waals surface area contributed by atoms with E-state index in [1.807, 2.05) is 0 Å². The molecular formula is C31H35F3N8O4S. The van der Waals surface area contributed by atoms with E-state index >= 15 is 0 Å². The average molecular weight is 673 g/mol. The Morgan fingerprint density at radius 1 is 1.09 bits per heavy atom. The number of alkyl carbamates (subject to hydrolysis) is 1. The fraction of sp³-hybridized carbons (Fsp3) is 0.452. The van der Waals surface area contributed by atoms with Gasteiger partial charge in [-0.05, 0) is 70.2 Å². The molecule has 1 aliphatic carbocycles. The van der Waals surface area contributed by atoms with Crippen molar-refractivity contribution in [1.29, 1.82) is 0 Å². The van der Waals surface area contributed by atoms with E-state index in [1.165, 1.54) is 18.5 Å². The molecule has 0 aromatic carbocycles. The number of alkyl halides is 3. The quantitative estimate of drug-likeness (QED) is 0.171. The average Bonchev–Trinajstić information content (AvgIpc) is 3.71. The minimum absolute atomic E-state index is 0.0731. The summed E-state index contributed by atoms with van der Waals surface area (Å²) in [6.07, 6.45) is 2.61. The highest BCUT2D eigenvalue weighted by Gasteiger charge is 2.35. The standard InChI is InChI=1S/C31H35F3N8O4S/c1-5-35-28(43)39-23-14-19(27-38-22(16-47-27)31(32,33)34)20(15-37-23)18-11-12-36-21(13-18)25-41-42-26(45-25)24(17-9-7-6-8-10-17)40-29(44)46-30(2,3)4/h11-17,24H,5-10H2,1-4H3,(H,40,44)(H2,35,37,39,43)/t24-/m0/s1. The summed E-state index contributed by atoms with van der Waals surface area (Å²) in [5, 5.41) is 17.6. The zero-order valence-corrected chi connectivity index (χ0v) is 27.1. The molecule has 0 radical (unpaired) electrons. The van der Waals surface area contributed by atoms with E-state index in [-0.39, 0.29) is 28.5 Å². The third-order valence-corrected chi connectivity index (χ3v) is 8.17. The lowest BCUT2D eigenvalue weighted by Crippen LogP contribution is -2.38. The molecule has 0 aliphatic heterocycles. The van der Waals surface area contributed by atoms with E-state index in [9.17, 15) is 22.8 Å². The van der Waals surface area contributed by atoms with Crippen LogP contribution in [0.3, 0.4) is 0 Å². The Labute approximate surface area is 273 Å². The summed E-state index contributed by atoms with van der Waals surface area (Å²) in [6, 6.07) is 3.68. The first-order chi connectivity index (χ1) is 22.3. The lowest BCUT2D eigenvalue weighted by Gasteiger charge is -2.29. The predicted octanol–water partition coefficient (Wildman–Crippen LogP) is 7.62. The van der Waals surface area contributed by atoms with Crippen LogP contribution in [0.2, 0.25) is 0 Å². The molecule has 1 atom stereocenters. The van der Waals surface area contributed by atoms with Crippen LogP contribution in [0.1, 0.15) is 77.4 Å². The number of carbonyl (C=O) groups is 2. The smallest absolute Gasteiger partial charge is 0.434 e. The number of ether oxygens (including phenoxy) is 1. The van der Waals surface area contributed by atoms with Gasteiger partial charge in [-0.25, -0.2) is 19.6 Å². The Morgan fingerprint density at radius 2 is 1.85 bits per heavy atom. The van der Waals surface area contributed by atoms with Crippen molar-refractivity contribution in [2.75, 3.05) is 11.9 Å². The molecule has 0 bridgehead atoms. The van der Waals surface area contributed by atoms with Gasteiger partial charge < -0.3 is 19.8 Å². The number of pyridine rings is 2. The maximum absolute atomic E-state index is 13.4. The van der Waals surface area contributed by atoms with Gasteiger partial charge in [-0.3, -0.25) is 10.3 Å². The van der Waals surface area contributed by atoms with Gasteiger partial charge in [-0.1, -0.05) is 19.3 Å². The van der Waals surface area contributed by atoms with Crippen molar-refractivity contribution in [3.63, 3.8) is 0 Å². The van der Waals surface area contributed by atoms with E-state index in [0.29, 0.717) is 28.9 Å². The van der Waals surface area contributed by atoms with E-state index in [4.69, 9.17) is 9.15 Å². The monoisotopic (exact) mass is 672 g/mol. The number of aromatic nitrogens is 5. The fourth-order valence-electron chi connectivity index (χ4n) is 5.24. The zero-order chi connectivity index (χ0) is 33.8. The molecule has 4 heterocycles. The second-order valence-corrected chi connectivity index (χ2v) is 12.9. The first-order valence-electron chi connectivity index (χ1n) is 15.2. The van der Waals surface area contributed by atoms with Crippen molar-refractivity contribution >= 4 is 29.3 Å². The minimum atomic E-state index is -4.63. The second kappa shape index (κ2) is 14.0. The molecule has 12 nitrogen and oxygen atoms in total. The second-order valence-electron chi connectivity index (χ2n) is 12.0. The highest BCUT2D eigenvalue weighted by Crippen LogP contribution is 2.39. The molecule has 3 N–H and O–H groups in total. The van der Waals surface area contributed by atoms with Crippen molar-refractivity contribution < 1.29 is 31.9 Å². The first kappa shape index (κ1) is 33.8. The Kier molecular flexibility index (Phi) is 10.1. The summed E-state index contributed by atoms with van der Waals surface area (Å²) in [6.45, 7) is 7.46. The number of thiazole rings is 1. The molecule has 5 rings (SSSR count). The van der Waals surface area contributed by atoms with Gasteiger partial charge in [0, 0.05) is 35.4 Å². The SMILES string of the molecule is CCNC(=O)Nc1cc(-c2nc(C(F)(F)F)cs2)c(-c2ccnc(-c3nnc([C@@H](NC(=O)OC(C)(C)C)C4CCCCC4)o3)c2)cn1. The van der Waals surface area contributed by atoms with Crippen molar-refractivity contribution in [2.24, 2.45) is 5.92 Å². The third kappa shape index (κ3) is 8.61. The summed E-state index contributed by atoms with van der Waals surface area (Å²) >= 11 is 0.816. The fourth-order valence-corrected chi connectivity index (χ4v) is 6.10. The molecular weight excluding hydrogens is 637 g/mol. The molecule has 3 amide bonds. The molecule has 250 valence electrons. The van der Waals surface area contributed by atoms with Gasteiger partial charge in [-0.2, -0.15) is 13.2 Å². The van der Waals surface area contributed by atoms with Crippen molar-refractivity contribution in [1.82, 2.24) is 35.8 Å². The number of hydrogen-bond donors (Lipinski definition) is 3. The number of carbonyl (C=O) groups excluding carboxylic acids is 2. The van der Waals surface area contributed by atoms with Gasteiger partial charge >= 0.3 is 18.3 Å². The van der Waals surface area contributed by atoms with Gasteiger partial charge in [0.05, 0.1) is 0 Å². The van der Waals surface area contributed by atoms with Crippen LogP contribution < -0.4 is 16.0 Å². The Balaban J connectivity index is 1.49. The highest BCUT2D eigenvalue weighted by atomic mass is 32.1. The molecule has 47 heavy (non-hydrogen) atoms. The zero-order valence-electron chi connectivity index (χ0n) is 26.3. The lowest BCUT2D eigenvalue weighted by atomic mass is 9.84. The summed E-state index contributed by atoms with van der Waals surface area (Å²) in [7, 11) is 0. The summed E-state index contributed by atoms with van der Waals surface area (Å²) in [5.41, 5.74) is -0.144. The van der Waals surface area contributed by atoms with Gasteiger partial charge in [0.2, 0.25) is 5.89 Å². The first-order valence-corrected chi connectivity index (χ1v) is 16.1. The summed E-state index contributed by atoms with van der Waals surface area (Å²) < 4.78 is 51.9. The van der Waals surface area contributed by atoms with E-state index in [1.54, 1.807) is 39.8 Å². The number of rotatable bonds is 8. The van der Waals surface area contributed by atoms with Gasteiger partial charge in [0.15, 0.2) is 5.69 Å². The molecule has 16 heteroatoms. The van der Waals surface area contributed by atoms with Gasteiger partial charge in [0.25, 0.3) is 5.89 Å². The van der Waals surface area contributed by atoms with E-state index < -0.39 is 35.6 Å². The molecule has 1 saturated carbocycles. The summed E-state index contributed by atoms with van der Waals surface area (Å²) in [4.78, 5) is 37.4. The highest BCUT2D eigenvalue weighted by molar-refractivity contribution is 7.13. The maximum atomic E-state index is 13.4. The number of nitrogens with one attached hydrogen (secondary N) is 3. The maximum Gasteiger partial charge on any atom is 0.434 e. The molecule has 0 spiro atoms. The number of urea groups is 1. The van der Waals surface area contributed by atoms with Crippen molar-refractivity contribution in [2.45, 2.75) is 77.6 Å². The van der Waals surface area contributed by atoms with Crippen LogP contribution in [0.15, 0.2) is 40.4 Å². The number of hydrogen-bond acceptors (Lipinski definition) is 10. The Hall–Kier alpha value is -4.60. The molecule has 4 aromatic heterocycles. The topological polar surface area (TPSA) is 157 Å². The van der Waals surface area contributed by atoms with Crippen LogP contribution in [-0.2, 0) is 10.9 Å². The molecule has 0 saturated heterocycles. The van der Waals surface area contributed by atoms with E-state index in [0.717, 1.165) is 48.8 Å². The number of halogens is 3. The lowest BCUT2D eigenvalue weighted by molar-refractivity contribution is -0.140. The van der Waals surface area contributed by atoms with Crippen molar-refractivity contribution in [3.8, 4) is 33.3 Å². The number of anilines is 1. The van der Waals surface area contributed by atoms with Gasteiger partial charge in [0.1, 0.15) is 28.2 Å². The van der Waals surface area contributed by atoms with Crippen molar-refractivity contribution in [3.05, 3.63) is 47.6 Å². The van der Waals surface area contributed by atoms with Crippen LogP contribution in [0.4, 0.5) is 28.6 Å². The third-order valence-electron chi connectivity index (χ3n) is 7.30. The number of nitrogens with zero attached hydrogens (tertiary/aromatic N) is 5. The van der Waals surface area contributed by atoms with Crippen LogP contribution >= 0.6 is 11.3 Å². The van der Waals surface area contributed by atoms with Crippen LogP contribution in [0, 0.1) is 5.92 Å². The van der Waals surface area contributed by atoms with Gasteiger partial charge in [-0.15, -0.1) is 21.5 Å². The predicted molar refractivity (Wildman–Crippen MR) is 168 cm³/mol. The Morgan fingerprint density at radius 3 is 2.53 bits per heavy atom. The molecule has 1 fully saturated rings. The number of amides is 3. The Bertz CT molecular complexity index is 1710. The molecule has 4 aromatic rings. The van der Waals surface area contributed by atoms with Crippen LogP contribution in [0.25, 0.3) is 33.3 Å². The molecule has 0 unspecified atom stereocenters. The normalized spacial score (nSPS) is 14.8. The largest absolute Gasteiger partial charge is 0.444 e. The van der Waals surface area contributed by atoms with Crippen LogP contribution in [-0.4, -0.2) is 49.4 Å². The van der Waals surface area contributed by atoms with E-state index in [2.05, 4.69) is 41.1 Å².